The standard InChI is InChI=1S/C19H22N2O3S/c1-3-12-25(23,24)21-14-19(2,22)18-10-8-17(9-11-18)16-6-4-15(13-20)5-7-16/h4-11,21-22H,3,12,14H2,1-2H3. The Morgan fingerprint density at radius 2 is 1.60 bits per heavy atom. The van der Waals surface area contributed by atoms with Crippen LogP contribution in [0.4, 0.5) is 0 Å². The topological polar surface area (TPSA) is 90.2 Å². The summed E-state index contributed by atoms with van der Waals surface area (Å²) in [6.45, 7) is 3.29. The lowest BCUT2D eigenvalue weighted by Crippen LogP contribution is -2.39. The van der Waals surface area contributed by atoms with Gasteiger partial charge in [-0.15, -0.1) is 0 Å². The number of hydrogen-bond acceptors (Lipinski definition) is 4. The average molecular weight is 358 g/mol. The van der Waals surface area contributed by atoms with Crippen LogP contribution < -0.4 is 4.72 Å². The molecule has 0 aromatic heterocycles. The summed E-state index contributed by atoms with van der Waals surface area (Å²) >= 11 is 0. The van der Waals surface area contributed by atoms with Crippen molar-refractivity contribution in [1.29, 1.82) is 5.26 Å². The molecule has 0 aliphatic rings. The Hall–Kier alpha value is -2.20. The highest BCUT2D eigenvalue weighted by molar-refractivity contribution is 7.89. The molecular formula is C19H22N2O3S. The van der Waals surface area contributed by atoms with Gasteiger partial charge in [0, 0.05) is 6.54 Å². The Morgan fingerprint density at radius 1 is 1.08 bits per heavy atom. The van der Waals surface area contributed by atoms with Crippen molar-refractivity contribution in [2.45, 2.75) is 25.9 Å². The van der Waals surface area contributed by atoms with Crippen molar-refractivity contribution in [3.63, 3.8) is 0 Å². The second-order valence-electron chi connectivity index (χ2n) is 6.18. The van der Waals surface area contributed by atoms with Crippen LogP contribution >= 0.6 is 0 Å². The van der Waals surface area contributed by atoms with Crippen LogP contribution in [0, 0.1) is 11.3 Å². The smallest absolute Gasteiger partial charge is 0.211 e. The minimum Gasteiger partial charge on any atom is -0.384 e. The molecule has 132 valence electrons. The fourth-order valence-electron chi connectivity index (χ4n) is 2.45. The molecule has 2 aromatic rings. The molecule has 0 saturated heterocycles. The third kappa shape index (κ3) is 5.13. The van der Waals surface area contributed by atoms with Crippen LogP contribution in [0.25, 0.3) is 11.1 Å². The van der Waals surface area contributed by atoms with E-state index in [0.29, 0.717) is 17.5 Å². The first-order chi connectivity index (χ1) is 11.8. The van der Waals surface area contributed by atoms with Gasteiger partial charge in [0.2, 0.25) is 10.0 Å². The van der Waals surface area contributed by atoms with Gasteiger partial charge in [-0.1, -0.05) is 43.3 Å². The van der Waals surface area contributed by atoms with E-state index in [0.717, 1.165) is 11.1 Å². The lowest BCUT2D eigenvalue weighted by molar-refractivity contribution is 0.0627. The predicted molar refractivity (Wildman–Crippen MR) is 98.2 cm³/mol. The molecule has 1 unspecified atom stereocenters. The van der Waals surface area contributed by atoms with E-state index < -0.39 is 15.6 Å². The van der Waals surface area contributed by atoms with Crippen molar-refractivity contribution in [3.05, 3.63) is 59.7 Å². The van der Waals surface area contributed by atoms with E-state index in [-0.39, 0.29) is 12.3 Å². The van der Waals surface area contributed by atoms with E-state index >= 15 is 0 Å². The molecule has 6 heteroatoms. The van der Waals surface area contributed by atoms with Crippen LogP contribution in [0.2, 0.25) is 0 Å². The summed E-state index contributed by atoms with van der Waals surface area (Å²) in [6, 6.07) is 16.6. The zero-order valence-electron chi connectivity index (χ0n) is 14.4. The van der Waals surface area contributed by atoms with Crippen molar-refractivity contribution >= 4 is 10.0 Å². The number of nitrogens with zero attached hydrogens (tertiary/aromatic N) is 1. The lowest BCUT2D eigenvalue weighted by atomic mass is 9.94. The van der Waals surface area contributed by atoms with E-state index in [2.05, 4.69) is 10.8 Å². The van der Waals surface area contributed by atoms with Crippen LogP contribution in [0.15, 0.2) is 48.5 Å². The fourth-order valence-corrected chi connectivity index (χ4v) is 3.64. The molecule has 0 aliphatic carbocycles. The molecule has 0 heterocycles. The molecule has 0 amide bonds. The number of aliphatic hydroxyl groups is 1. The van der Waals surface area contributed by atoms with Crippen molar-refractivity contribution in [2.75, 3.05) is 12.3 Å². The fraction of sp³-hybridized carbons (Fsp3) is 0.316. The highest BCUT2D eigenvalue weighted by atomic mass is 32.2. The van der Waals surface area contributed by atoms with Crippen molar-refractivity contribution in [1.82, 2.24) is 4.72 Å². The number of nitriles is 1. The van der Waals surface area contributed by atoms with Gasteiger partial charge < -0.3 is 5.11 Å². The number of sulfonamides is 1. The molecule has 2 N–H and O–H groups in total. The van der Waals surface area contributed by atoms with Crippen molar-refractivity contribution < 1.29 is 13.5 Å². The minimum absolute atomic E-state index is 0.0424. The van der Waals surface area contributed by atoms with Gasteiger partial charge in [0.05, 0.1) is 17.4 Å². The summed E-state index contributed by atoms with van der Waals surface area (Å²) < 4.78 is 26.0. The highest BCUT2D eigenvalue weighted by Crippen LogP contribution is 2.25. The van der Waals surface area contributed by atoms with Crippen LogP contribution in [0.5, 0.6) is 0 Å². The number of rotatable bonds is 7. The summed E-state index contributed by atoms with van der Waals surface area (Å²) in [5, 5.41) is 19.4. The van der Waals surface area contributed by atoms with Crippen LogP contribution in [0.1, 0.15) is 31.4 Å². The van der Waals surface area contributed by atoms with Gasteiger partial charge in [-0.3, -0.25) is 0 Å². The number of hydrogen-bond donors (Lipinski definition) is 2. The normalized spacial score (nSPS) is 13.8. The molecular weight excluding hydrogens is 336 g/mol. The van der Waals surface area contributed by atoms with Crippen molar-refractivity contribution in [2.24, 2.45) is 0 Å². The molecule has 0 fully saturated rings. The van der Waals surface area contributed by atoms with Gasteiger partial charge in [0.25, 0.3) is 0 Å². The lowest BCUT2D eigenvalue weighted by Gasteiger charge is -2.24. The number of benzene rings is 2. The van der Waals surface area contributed by atoms with E-state index in [1.807, 2.05) is 24.3 Å². The summed E-state index contributed by atoms with van der Waals surface area (Å²) in [5.41, 5.74) is 1.85. The molecule has 0 radical (unpaired) electrons. The van der Waals surface area contributed by atoms with Gasteiger partial charge in [0.1, 0.15) is 5.60 Å². The quantitative estimate of drug-likeness (QED) is 0.796. The largest absolute Gasteiger partial charge is 0.384 e. The van der Waals surface area contributed by atoms with E-state index in [1.54, 1.807) is 38.1 Å². The summed E-state index contributed by atoms with van der Waals surface area (Å²) in [4.78, 5) is 0. The Labute approximate surface area is 149 Å². The van der Waals surface area contributed by atoms with E-state index in [4.69, 9.17) is 5.26 Å². The highest BCUT2D eigenvalue weighted by Gasteiger charge is 2.25. The van der Waals surface area contributed by atoms with E-state index in [9.17, 15) is 13.5 Å². The first-order valence-electron chi connectivity index (χ1n) is 8.08. The monoisotopic (exact) mass is 358 g/mol. The molecule has 0 spiro atoms. The predicted octanol–water partition coefficient (Wildman–Crippen LogP) is 2.76. The summed E-state index contributed by atoms with van der Waals surface area (Å²) in [5.74, 6) is 0.0424. The third-order valence-electron chi connectivity index (χ3n) is 3.96. The molecule has 2 rings (SSSR count). The van der Waals surface area contributed by atoms with Crippen LogP contribution in [-0.4, -0.2) is 25.8 Å². The second kappa shape index (κ2) is 7.79. The minimum atomic E-state index is -3.37. The van der Waals surface area contributed by atoms with Gasteiger partial charge in [0.15, 0.2) is 0 Å². The maximum Gasteiger partial charge on any atom is 0.211 e. The van der Waals surface area contributed by atoms with Gasteiger partial charge in [-0.25, -0.2) is 13.1 Å². The van der Waals surface area contributed by atoms with Crippen LogP contribution in [0.3, 0.4) is 0 Å². The summed E-state index contributed by atoms with van der Waals surface area (Å²) in [7, 11) is -3.37. The summed E-state index contributed by atoms with van der Waals surface area (Å²) in [6.07, 6.45) is 0.525. The number of nitrogens with one attached hydrogen (secondary N) is 1. The van der Waals surface area contributed by atoms with Gasteiger partial charge >= 0.3 is 0 Å². The third-order valence-corrected chi connectivity index (χ3v) is 5.49. The molecule has 0 bridgehead atoms. The zero-order chi connectivity index (χ0) is 18.5. The Bertz CT molecular complexity index is 849. The van der Waals surface area contributed by atoms with Gasteiger partial charge in [-0.2, -0.15) is 5.26 Å². The van der Waals surface area contributed by atoms with Crippen LogP contribution in [-0.2, 0) is 15.6 Å². The Kier molecular flexibility index (Phi) is 5.96. The average Bonchev–Trinajstić information content (AvgIpc) is 2.60. The Morgan fingerprint density at radius 3 is 2.08 bits per heavy atom. The second-order valence-corrected chi connectivity index (χ2v) is 8.11. The maximum absolute atomic E-state index is 11.8. The molecule has 25 heavy (non-hydrogen) atoms. The molecule has 0 aliphatic heterocycles. The van der Waals surface area contributed by atoms with Gasteiger partial charge in [-0.05, 0) is 42.2 Å². The zero-order valence-corrected chi connectivity index (χ0v) is 15.2. The molecule has 0 saturated carbocycles. The SMILES string of the molecule is CCCS(=O)(=O)NCC(C)(O)c1ccc(-c2ccc(C#N)cc2)cc1. The Balaban J connectivity index is 2.13. The molecule has 2 aromatic carbocycles. The molecule has 5 nitrogen and oxygen atoms in total. The molecule has 1 atom stereocenters. The van der Waals surface area contributed by atoms with E-state index in [1.165, 1.54) is 0 Å². The first kappa shape index (κ1) is 19.1. The van der Waals surface area contributed by atoms with Crippen molar-refractivity contribution in [3.8, 4) is 17.2 Å². The first-order valence-corrected chi connectivity index (χ1v) is 9.73. The maximum atomic E-state index is 11.8.